The van der Waals surface area contributed by atoms with Gasteiger partial charge in [-0.3, -0.25) is 0 Å². The van der Waals surface area contributed by atoms with Crippen LogP contribution in [0.1, 0.15) is 38.3 Å². The SMILES string of the molecule is CC(C)(C)OC(=O)N1CCC(O)(c2ccccc2CO)C1. The van der Waals surface area contributed by atoms with E-state index in [4.69, 9.17) is 4.74 Å². The van der Waals surface area contributed by atoms with E-state index in [2.05, 4.69) is 0 Å². The van der Waals surface area contributed by atoms with Crippen LogP contribution in [0.5, 0.6) is 0 Å². The van der Waals surface area contributed by atoms with E-state index in [9.17, 15) is 15.0 Å². The lowest BCUT2D eigenvalue weighted by Gasteiger charge is -2.27. The van der Waals surface area contributed by atoms with E-state index in [0.717, 1.165) is 0 Å². The first-order chi connectivity index (χ1) is 9.75. The van der Waals surface area contributed by atoms with E-state index in [1.54, 1.807) is 12.1 Å². The van der Waals surface area contributed by atoms with Gasteiger partial charge in [0.25, 0.3) is 0 Å². The number of carbonyl (C=O) groups excluding carboxylic acids is 1. The highest BCUT2D eigenvalue weighted by Crippen LogP contribution is 2.34. The molecule has 1 fully saturated rings. The average molecular weight is 293 g/mol. The molecule has 5 heteroatoms. The first-order valence-electron chi connectivity index (χ1n) is 7.15. The number of nitrogens with zero attached hydrogens (tertiary/aromatic N) is 1. The summed E-state index contributed by atoms with van der Waals surface area (Å²) in [5.41, 5.74) is -0.318. The third-order valence-corrected chi connectivity index (χ3v) is 3.59. The molecule has 1 amide bonds. The molecular weight excluding hydrogens is 270 g/mol. The molecule has 0 spiro atoms. The van der Waals surface area contributed by atoms with Gasteiger partial charge in [-0.1, -0.05) is 24.3 Å². The number of aliphatic hydroxyl groups is 2. The highest BCUT2D eigenvalue weighted by molar-refractivity contribution is 5.68. The maximum absolute atomic E-state index is 12.1. The fourth-order valence-corrected chi connectivity index (χ4v) is 2.61. The van der Waals surface area contributed by atoms with Crippen LogP contribution in [0.15, 0.2) is 24.3 Å². The topological polar surface area (TPSA) is 70.0 Å². The van der Waals surface area contributed by atoms with Crippen molar-refractivity contribution < 1.29 is 19.7 Å². The monoisotopic (exact) mass is 293 g/mol. The number of β-amino-alcohol motifs (C(OH)–C–C–N with tert-alkyl or cyclic N) is 1. The number of rotatable bonds is 2. The number of benzene rings is 1. The van der Waals surface area contributed by atoms with Crippen LogP contribution in [0.25, 0.3) is 0 Å². The molecule has 0 aliphatic carbocycles. The molecule has 1 heterocycles. The maximum Gasteiger partial charge on any atom is 0.410 e. The Labute approximate surface area is 125 Å². The Morgan fingerprint density at radius 2 is 2.05 bits per heavy atom. The Kier molecular flexibility index (Phi) is 4.25. The van der Waals surface area contributed by atoms with E-state index in [-0.39, 0.29) is 13.2 Å². The van der Waals surface area contributed by atoms with Crippen molar-refractivity contribution in [2.24, 2.45) is 0 Å². The first kappa shape index (κ1) is 15.8. The fraction of sp³-hybridized carbons (Fsp3) is 0.562. The summed E-state index contributed by atoms with van der Waals surface area (Å²) in [6.07, 6.45) is 0.0170. The molecule has 5 nitrogen and oxygen atoms in total. The van der Waals surface area contributed by atoms with Gasteiger partial charge in [0, 0.05) is 6.54 Å². The van der Waals surface area contributed by atoms with E-state index in [1.165, 1.54) is 4.90 Å². The molecule has 1 aliphatic heterocycles. The molecule has 1 unspecified atom stereocenters. The van der Waals surface area contributed by atoms with Gasteiger partial charge in [-0.15, -0.1) is 0 Å². The predicted molar refractivity (Wildman–Crippen MR) is 78.7 cm³/mol. The molecule has 0 bridgehead atoms. The normalized spacial score (nSPS) is 22.4. The standard InChI is InChI=1S/C16H23NO4/c1-15(2,3)21-14(19)17-9-8-16(20,11-17)13-7-5-4-6-12(13)10-18/h4-7,18,20H,8-11H2,1-3H3. The Morgan fingerprint density at radius 3 is 2.67 bits per heavy atom. The van der Waals surface area contributed by atoms with Gasteiger partial charge in [-0.2, -0.15) is 0 Å². The van der Waals surface area contributed by atoms with Crippen molar-refractivity contribution in [2.45, 2.75) is 45.0 Å². The molecule has 1 atom stereocenters. The highest BCUT2D eigenvalue weighted by Gasteiger charge is 2.41. The number of hydrogen-bond acceptors (Lipinski definition) is 4. The summed E-state index contributed by atoms with van der Waals surface area (Å²) in [5.74, 6) is 0. The third kappa shape index (κ3) is 3.54. The molecule has 2 N–H and O–H groups in total. The van der Waals surface area contributed by atoms with Gasteiger partial charge < -0.3 is 19.8 Å². The van der Waals surface area contributed by atoms with Gasteiger partial charge in [-0.05, 0) is 38.3 Å². The number of amides is 1. The number of carbonyl (C=O) groups is 1. The zero-order valence-corrected chi connectivity index (χ0v) is 12.8. The summed E-state index contributed by atoms with van der Waals surface area (Å²) in [5, 5.41) is 20.2. The minimum Gasteiger partial charge on any atom is -0.444 e. The zero-order valence-electron chi connectivity index (χ0n) is 12.8. The second kappa shape index (κ2) is 5.66. The summed E-state index contributed by atoms with van der Waals surface area (Å²) in [7, 11) is 0. The molecule has 1 saturated heterocycles. The fourth-order valence-electron chi connectivity index (χ4n) is 2.61. The molecule has 1 aromatic carbocycles. The van der Waals surface area contributed by atoms with Crippen LogP contribution in [0.4, 0.5) is 4.79 Å². The van der Waals surface area contributed by atoms with Crippen LogP contribution in [0, 0.1) is 0 Å². The van der Waals surface area contributed by atoms with Gasteiger partial charge >= 0.3 is 6.09 Å². The van der Waals surface area contributed by atoms with Crippen LogP contribution < -0.4 is 0 Å². The minimum atomic E-state index is -1.13. The van der Waals surface area contributed by atoms with E-state index >= 15 is 0 Å². The lowest BCUT2D eigenvalue weighted by Crippen LogP contribution is -2.38. The van der Waals surface area contributed by atoms with Crippen LogP contribution in [0.2, 0.25) is 0 Å². The van der Waals surface area contributed by atoms with Crippen molar-refractivity contribution in [3.63, 3.8) is 0 Å². The van der Waals surface area contributed by atoms with Crippen LogP contribution in [-0.2, 0) is 16.9 Å². The van der Waals surface area contributed by atoms with Gasteiger partial charge in [-0.25, -0.2) is 4.79 Å². The molecule has 2 rings (SSSR count). The van der Waals surface area contributed by atoms with E-state index in [0.29, 0.717) is 24.1 Å². The smallest absolute Gasteiger partial charge is 0.410 e. The van der Waals surface area contributed by atoms with E-state index < -0.39 is 17.3 Å². The Morgan fingerprint density at radius 1 is 1.38 bits per heavy atom. The number of likely N-dealkylation sites (tertiary alicyclic amines) is 1. The molecule has 0 aromatic heterocycles. The lowest BCUT2D eigenvalue weighted by molar-refractivity contribution is 0.0134. The molecule has 21 heavy (non-hydrogen) atoms. The van der Waals surface area contributed by atoms with E-state index in [1.807, 2.05) is 32.9 Å². The van der Waals surface area contributed by atoms with Gasteiger partial charge in [0.05, 0.1) is 13.2 Å². The quantitative estimate of drug-likeness (QED) is 0.875. The van der Waals surface area contributed by atoms with Gasteiger partial charge in [0.2, 0.25) is 0 Å². The van der Waals surface area contributed by atoms with Gasteiger partial charge in [0.1, 0.15) is 11.2 Å². The van der Waals surface area contributed by atoms with Crippen molar-refractivity contribution >= 4 is 6.09 Å². The summed E-state index contributed by atoms with van der Waals surface area (Å²) in [6, 6.07) is 7.22. The maximum atomic E-state index is 12.1. The Bertz CT molecular complexity index is 523. The van der Waals surface area contributed by atoms with Crippen molar-refractivity contribution in [1.29, 1.82) is 0 Å². The first-order valence-corrected chi connectivity index (χ1v) is 7.15. The molecule has 0 saturated carbocycles. The lowest BCUT2D eigenvalue weighted by atomic mass is 9.89. The molecular formula is C16H23NO4. The molecule has 1 aliphatic rings. The van der Waals surface area contributed by atoms with Crippen LogP contribution in [0.3, 0.4) is 0 Å². The largest absolute Gasteiger partial charge is 0.444 e. The third-order valence-electron chi connectivity index (χ3n) is 3.59. The molecule has 1 aromatic rings. The van der Waals surface area contributed by atoms with Crippen molar-refractivity contribution in [2.75, 3.05) is 13.1 Å². The Hall–Kier alpha value is -1.59. The van der Waals surface area contributed by atoms with Crippen molar-refractivity contribution in [3.8, 4) is 0 Å². The Balaban J connectivity index is 2.15. The highest BCUT2D eigenvalue weighted by atomic mass is 16.6. The number of ether oxygens (including phenoxy) is 1. The minimum absolute atomic E-state index is 0.134. The molecule has 116 valence electrons. The zero-order chi connectivity index (χ0) is 15.7. The van der Waals surface area contributed by atoms with Gasteiger partial charge in [0.15, 0.2) is 0 Å². The van der Waals surface area contributed by atoms with Crippen LogP contribution >= 0.6 is 0 Å². The summed E-state index contributed by atoms with van der Waals surface area (Å²) >= 11 is 0. The van der Waals surface area contributed by atoms with Crippen molar-refractivity contribution in [3.05, 3.63) is 35.4 Å². The second-order valence-corrected chi connectivity index (χ2v) is 6.50. The summed E-state index contributed by atoms with van der Waals surface area (Å²) in [4.78, 5) is 13.6. The summed E-state index contributed by atoms with van der Waals surface area (Å²) in [6.45, 7) is 5.92. The van der Waals surface area contributed by atoms with Crippen molar-refractivity contribution in [1.82, 2.24) is 4.90 Å². The number of hydrogen-bond donors (Lipinski definition) is 2. The predicted octanol–water partition coefficient (Wildman–Crippen LogP) is 2.01. The average Bonchev–Trinajstić information content (AvgIpc) is 2.81. The summed E-state index contributed by atoms with van der Waals surface area (Å²) < 4.78 is 5.33. The second-order valence-electron chi connectivity index (χ2n) is 6.50. The molecule has 0 radical (unpaired) electrons. The van der Waals surface area contributed by atoms with Crippen LogP contribution in [-0.4, -0.2) is 39.9 Å². The number of aliphatic hydroxyl groups excluding tert-OH is 1.